The van der Waals surface area contributed by atoms with E-state index in [4.69, 9.17) is 4.42 Å². The predicted octanol–water partition coefficient (Wildman–Crippen LogP) is 3.68. The van der Waals surface area contributed by atoms with Gasteiger partial charge in [0.15, 0.2) is 5.96 Å². The Morgan fingerprint density at radius 3 is 2.62 bits per heavy atom. The average Bonchev–Trinajstić information content (AvgIpc) is 3.24. The molecular formula is C19H24FN3O. The highest BCUT2D eigenvalue weighted by Crippen LogP contribution is 2.48. The summed E-state index contributed by atoms with van der Waals surface area (Å²) in [7, 11) is 1.73. The Labute approximate surface area is 142 Å². The molecule has 0 spiro atoms. The molecule has 1 unspecified atom stereocenters. The van der Waals surface area contributed by atoms with Gasteiger partial charge in [-0.25, -0.2) is 4.39 Å². The number of rotatable bonds is 5. The molecule has 5 heteroatoms. The molecule has 0 bridgehead atoms. The van der Waals surface area contributed by atoms with Crippen LogP contribution in [0.15, 0.2) is 45.8 Å². The molecule has 1 aromatic heterocycles. The number of benzene rings is 1. The van der Waals surface area contributed by atoms with Gasteiger partial charge in [0.25, 0.3) is 0 Å². The lowest BCUT2D eigenvalue weighted by Crippen LogP contribution is -2.42. The van der Waals surface area contributed by atoms with E-state index in [2.05, 4.69) is 15.6 Å². The summed E-state index contributed by atoms with van der Waals surface area (Å²) in [5.74, 6) is 2.32. The van der Waals surface area contributed by atoms with Crippen molar-refractivity contribution in [2.75, 3.05) is 13.6 Å². The number of hydrogen-bond donors (Lipinski definition) is 2. The number of furan rings is 1. The molecule has 0 aliphatic heterocycles. The number of guanidine groups is 1. The minimum absolute atomic E-state index is 0.00788. The first-order chi connectivity index (χ1) is 11.5. The zero-order chi connectivity index (χ0) is 17.2. The van der Waals surface area contributed by atoms with Crippen LogP contribution >= 0.6 is 0 Å². The van der Waals surface area contributed by atoms with Crippen molar-refractivity contribution in [3.63, 3.8) is 0 Å². The van der Waals surface area contributed by atoms with E-state index >= 15 is 0 Å². The Balaban J connectivity index is 1.62. The van der Waals surface area contributed by atoms with Crippen LogP contribution < -0.4 is 10.6 Å². The maximum Gasteiger partial charge on any atom is 0.191 e. The number of aryl methyl sites for hydroxylation is 1. The van der Waals surface area contributed by atoms with Crippen LogP contribution in [0.1, 0.15) is 42.9 Å². The Morgan fingerprint density at radius 2 is 2.04 bits per heavy atom. The van der Waals surface area contributed by atoms with Crippen LogP contribution in [0.5, 0.6) is 0 Å². The number of halogens is 1. The minimum Gasteiger partial charge on any atom is -0.464 e. The van der Waals surface area contributed by atoms with Gasteiger partial charge in [-0.05, 0) is 50.5 Å². The van der Waals surface area contributed by atoms with Crippen molar-refractivity contribution in [3.05, 3.63) is 59.3 Å². The van der Waals surface area contributed by atoms with Crippen molar-refractivity contribution in [1.29, 1.82) is 0 Å². The first-order valence-electron chi connectivity index (χ1n) is 8.32. The van der Waals surface area contributed by atoms with Gasteiger partial charge in [-0.3, -0.25) is 4.99 Å². The van der Waals surface area contributed by atoms with Crippen LogP contribution in [0, 0.1) is 12.7 Å². The van der Waals surface area contributed by atoms with Crippen LogP contribution in [0.4, 0.5) is 4.39 Å². The minimum atomic E-state index is -0.126. The van der Waals surface area contributed by atoms with Gasteiger partial charge in [-0.2, -0.15) is 0 Å². The molecule has 1 aromatic carbocycles. The van der Waals surface area contributed by atoms with E-state index in [-0.39, 0.29) is 17.3 Å². The van der Waals surface area contributed by atoms with Gasteiger partial charge in [-0.1, -0.05) is 18.2 Å². The third-order valence-corrected chi connectivity index (χ3v) is 4.66. The SMILES string of the molecule is CN=C(NCC1(c2ccccc2F)CC1)NC(C)c1ccc(C)o1. The lowest BCUT2D eigenvalue weighted by atomic mass is 9.95. The lowest BCUT2D eigenvalue weighted by Gasteiger charge is -2.21. The standard InChI is InChI=1S/C19H24FN3O/c1-13-8-9-17(24-13)14(2)23-18(21-3)22-12-19(10-11-19)15-6-4-5-7-16(15)20/h4-9,14H,10-12H2,1-3H3,(H2,21,22,23). The second-order valence-corrected chi connectivity index (χ2v) is 6.50. The van der Waals surface area contributed by atoms with E-state index in [1.54, 1.807) is 13.1 Å². The van der Waals surface area contributed by atoms with Crippen molar-refractivity contribution in [2.24, 2.45) is 4.99 Å². The highest BCUT2D eigenvalue weighted by Gasteiger charge is 2.45. The zero-order valence-electron chi connectivity index (χ0n) is 14.4. The Morgan fingerprint density at radius 1 is 1.29 bits per heavy atom. The monoisotopic (exact) mass is 329 g/mol. The van der Waals surface area contributed by atoms with E-state index < -0.39 is 0 Å². The Hall–Kier alpha value is -2.30. The second-order valence-electron chi connectivity index (χ2n) is 6.50. The molecule has 1 aliphatic rings. The van der Waals surface area contributed by atoms with Gasteiger partial charge in [-0.15, -0.1) is 0 Å². The first kappa shape index (κ1) is 16.6. The molecular weight excluding hydrogens is 305 g/mol. The van der Waals surface area contributed by atoms with Crippen molar-refractivity contribution >= 4 is 5.96 Å². The van der Waals surface area contributed by atoms with Crippen LogP contribution in [-0.2, 0) is 5.41 Å². The fraction of sp³-hybridized carbons (Fsp3) is 0.421. The maximum absolute atomic E-state index is 14.1. The summed E-state index contributed by atoms with van der Waals surface area (Å²) >= 11 is 0. The molecule has 2 N–H and O–H groups in total. The maximum atomic E-state index is 14.1. The van der Waals surface area contributed by atoms with E-state index in [9.17, 15) is 4.39 Å². The summed E-state index contributed by atoms with van der Waals surface area (Å²) in [5, 5.41) is 6.65. The first-order valence-corrected chi connectivity index (χ1v) is 8.32. The van der Waals surface area contributed by atoms with Crippen LogP contribution in [-0.4, -0.2) is 19.6 Å². The fourth-order valence-electron chi connectivity index (χ4n) is 2.99. The summed E-state index contributed by atoms with van der Waals surface area (Å²) in [6, 6.07) is 11.0. The molecule has 1 heterocycles. The molecule has 1 atom stereocenters. The fourth-order valence-corrected chi connectivity index (χ4v) is 2.99. The van der Waals surface area contributed by atoms with Gasteiger partial charge >= 0.3 is 0 Å². The number of nitrogens with one attached hydrogen (secondary N) is 2. The molecule has 2 aromatic rings. The second kappa shape index (κ2) is 6.67. The summed E-state index contributed by atoms with van der Waals surface area (Å²) in [5.41, 5.74) is 0.677. The molecule has 1 saturated carbocycles. The molecule has 3 rings (SSSR count). The third-order valence-electron chi connectivity index (χ3n) is 4.66. The Kier molecular flexibility index (Phi) is 4.60. The van der Waals surface area contributed by atoms with E-state index in [0.29, 0.717) is 12.5 Å². The largest absolute Gasteiger partial charge is 0.464 e. The highest BCUT2D eigenvalue weighted by atomic mass is 19.1. The summed E-state index contributed by atoms with van der Waals surface area (Å²) in [6.45, 7) is 4.61. The highest BCUT2D eigenvalue weighted by molar-refractivity contribution is 5.80. The van der Waals surface area contributed by atoms with Crippen molar-refractivity contribution in [2.45, 2.75) is 38.1 Å². The normalized spacial score (nSPS) is 17.4. The molecule has 128 valence electrons. The number of nitrogens with zero attached hydrogens (tertiary/aromatic N) is 1. The van der Waals surface area contributed by atoms with Gasteiger partial charge < -0.3 is 15.1 Å². The van der Waals surface area contributed by atoms with Gasteiger partial charge in [0, 0.05) is 19.0 Å². The average molecular weight is 329 g/mol. The summed E-state index contributed by atoms with van der Waals surface area (Å²) < 4.78 is 19.7. The van der Waals surface area contributed by atoms with Crippen molar-refractivity contribution in [1.82, 2.24) is 10.6 Å². The smallest absolute Gasteiger partial charge is 0.191 e. The van der Waals surface area contributed by atoms with Crippen molar-refractivity contribution < 1.29 is 8.81 Å². The quantitative estimate of drug-likeness (QED) is 0.650. The molecule has 0 amide bonds. The van der Waals surface area contributed by atoms with E-state index in [1.165, 1.54) is 6.07 Å². The zero-order valence-corrected chi connectivity index (χ0v) is 14.4. The molecule has 1 aliphatic carbocycles. The molecule has 1 fully saturated rings. The summed E-state index contributed by atoms with van der Waals surface area (Å²) in [4.78, 5) is 4.27. The number of aliphatic imine (C=N–C) groups is 1. The van der Waals surface area contributed by atoms with Crippen LogP contribution in [0.2, 0.25) is 0 Å². The Bertz CT molecular complexity index is 734. The third kappa shape index (κ3) is 3.45. The topological polar surface area (TPSA) is 49.6 Å². The summed E-state index contributed by atoms with van der Waals surface area (Å²) in [6.07, 6.45) is 1.98. The van der Waals surface area contributed by atoms with Gasteiger partial charge in [0.1, 0.15) is 17.3 Å². The predicted molar refractivity (Wildman–Crippen MR) is 93.7 cm³/mol. The molecule has 4 nitrogen and oxygen atoms in total. The van der Waals surface area contributed by atoms with E-state index in [0.717, 1.165) is 29.9 Å². The molecule has 0 radical (unpaired) electrons. The van der Waals surface area contributed by atoms with E-state index in [1.807, 2.05) is 38.1 Å². The van der Waals surface area contributed by atoms with Crippen molar-refractivity contribution in [3.8, 4) is 0 Å². The molecule has 24 heavy (non-hydrogen) atoms. The number of hydrogen-bond acceptors (Lipinski definition) is 2. The molecule has 0 saturated heterocycles. The van der Waals surface area contributed by atoms with Crippen LogP contribution in [0.25, 0.3) is 0 Å². The lowest BCUT2D eigenvalue weighted by molar-refractivity contribution is 0.440. The van der Waals surface area contributed by atoms with Crippen LogP contribution in [0.3, 0.4) is 0 Å². The van der Waals surface area contributed by atoms with Gasteiger partial charge in [0.05, 0.1) is 6.04 Å². The van der Waals surface area contributed by atoms with Gasteiger partial charge in [0.2, 0.25) is 0 Å².